The number of hydrogen-bond donors (Lipinski definition) is 1. The number of nitrogens with zero attached hydrogens (tertiary/aromatic N) is 1. The van der Waals surface area contributed by atoms with Crippen molar-refractivity contribution >= 4 is 17.8 Å². The predicted octanol–water partition coefficient (Wildman–Crippen LogP) is 3.56. The zero-order valence-electron chi connectivity index (χ0n) is 13.0. The third-order valence-corrected chi connectivity index (χ3v) is 2.87. The summed E-state index contributed by atoms with van der Waals surface area (Å²) in [6.45, 7) is 5.77. The Hall–Kier alpha value is -2.36. The minimum absolute atomic E-state index is 0.185. The van der Waals surface area contributed by atoms with Crippen LogP contribution in [0.3, 0.4) is 0 Å². The molecule has 1 N–H and O–H groups in total. The summed E-state index contributed by atoms with van der Waals surface area (Å²) in [4.78, 5) is 16.2. The molecular weight excluding hydrogens is 264 g/mol. The zero-order valence-corrected chi connectivity index (χ0v) is 13.0. The Morgan fingerprint density at radius 1 is 1.33 bits per heavy atom. The highest BCUT2D eigenvalue weighted by molar-refractivity contribution is 6.04. The normalized spacial score (nSPS) is 12.6. The second-order valence-corrected chi connectivity index (χ2v) is 4.44. The molecule has 1 aromatic rings. The van der Waals surface area contributed by atoms with Gasteiger partial charge in [-0.2, -0.15) is 0 Å². The predicted molar refractivity (Wildman–Crippen MR) is 87.3 cm³/mol. The van der Waals surface area contributed by atoms with Crippen LogP contribution in [0.15, 0.2) is 47.1 Å². The molecule has 0 saturated heterocycles. The number of ether oxygens (including phenoxy) is 1. The van der Waals surface area contributed by atoms with E-state index in [2.05, 4.69) is 10.3 Å². The Morgan fingerprint density at radius 3 is 2.52 bits per heavy atom. The average Bonchev–Trinajstić information content (AvgIpc) is 2.52. The molecule has 0 aromatic heterocycles. The van der Waals surface area contributed by atoms with E-state index in [0.29, 0.717) is 12.3 Å². The molecule has 0 spiro atoms. The van der Waals surface area contributed by atoms with Crippen molar-refractivity contribution in [3.8, 4) is 5.75 Å². The Balaban J connectivity index is 2.67. The topological polar surface area (TPSA) is 50.7 Å². The highest BCUT2D eigenvalue weighted by Crippen LogP contribution is 2.12. The number of methoxy groups -OCH3 is 1. The van der Waals surface area contributed by atoms with Gasteiger partial charge in [0.25, 0.3) is 0 Å². The van der Waals surface area contributed by atoms with Crippen molar-refractivity contribution in [1.29, 1.82) is 0 Å². The van der Waals surface area contributed by atoms with Crippen LogP contribution in [0.5, 0.6) is 5.75 Å². The summed E-state index contributed by atoms with van der Waals surface area (Å²) in [7, 11) is 1.62. The molecule has 112 valence electrons. The molecule has 1 aromatic carbocycles. The quantitative estimate of drug-likeness (QED) is 0.511. The number of rotatable bonds is 5. The van der Waals surface area contributed by atoms with Gasteiger partial charge in [0.2, 0.25) is 5.91 Å². The smallest absolute Gasteiger partial charge is 0.249 e. The van der Waals surface area contributed by atoms with Crippen molar-refractivity contribution in [1.82, 2.24) is 5.32 Å². The summed E-state index contributed by atoms with van der Waals surface area (Å²) in [5, 5.41) is 2.78. The van der Waals surface area contributed by atoms with E-state index in [1.807, 2.05) is 51.1 Å². The fraction of sp³-hybridized carbons (Fsp3) is 0.294. The van der Waals surface area contributed by atoms with Crippen LogP contribution < -0.4 is 10.1 Å². The molecule has 0 aliphatic heterocycles. The molecule has 21 heavy (non-hydrogen) atoms. The van der Waals surface area contributed by atoms with Gasteiger partial charge in [-0.1, -0.05) is 25.1 Å². The number of benzene rings is 1. The fourth-order valence-electron chi connectivity index (χ4n) is 1.54. The van der Waals surface area contributed by atoms with Crippen LogP contribution >= 0.6 is 0 Å². The highest BCUT2D eigenvalue weighted by Gasteiger charge is 2.01. The van der Waals surface area contributed by atoms with Crippen LogP contribution in [-0.4, -0.2) is 18.9 Å². The van der Waals surface area contributed by atoms with Crippen LogP contribution in [0.2, 0.25) is 0 Å². The molecule has 0 saturated carbocycles. The van der Waals surface area contributed by atoms with Crippen molar-refractivity contribution in [2.75, 3.05) is 7.11 Å². The van der Waals surface area contributed by atoms with Gasteiger partial charge in [0, 0.05) is 18.2 Å². The van der Waals surface area contributed by atoms with Crippen LogP contribution in [-0.2, 0) is 4.79 Å². The van der Waals surface area contributed by atoms with Gasteiger partial charge in [-0.25, -0.2) is 4.99 Å². The second-order valence-electron chi connectivity index (χ2n) is 4.44. The molecule has 1 rings (SSSR count). The third-order valence-electron chi connectivity index (χ3n) is 2.87. The van der Waals surface area contributed by atoms with E-state index in [9.17, 15) is 4.79 Å². The molecule has 0 fully saturated rings. The maximum Gasteiger partial charge on any atom is 0.249 e. The lowest BCUT2D eigenvalue weighted by Crippen LogP contribution is -2.28. The Bertz CT molecular complexity index is 555. The zero-order chi connectivity index (χ0) is 15.7. The summed E-state index contributed by atoms with van der Waals surface area (Å²) in [6.07, 6.45) is 5.82. The Labute approximate surface area is 126 Å². The van der Waals surface area contributed by atoms with Crippen molar-refractivity contribution in [2.45, 2.75) is 27.2 Å². The average molecular weight is 286 g/mol. The molecule has 0 bridgehead atoms. The number of amides is 1. The molecule has 4 nitrogen and oxygen atoms in total. The van der Waals surface area contributed by atoms with E-state index in [1.54, 1.807) is 13.2 Å². The number of carbonyl (C=O) groups excluding carboxylic acids is 1. The largest absolute Gasteiger partial charge is 0.497 e. The van der Waals surface area contributed by atoms with Gasteiger partial charge >= 0.3 is 0 Å². The lowest BCUT2D eigenvalue weighted by atomic mass is 10.2. The first-order chi connectivity index (χ1) is 10.1. The van der Waals surface area contributed by atoms with Gasteiger partial charge in [-0.3, -0.25) is 4.79 Å². The lowest BCUT2D eigenvalue weighted by molar-refractivity contribution is -0.115. The van der Waals surface area contributed by atoms with E-state index >= 15 is 0 Å². The van der Waals surface area contributed by atoms with Gasteiger partial charge in [0.05, 0.1) is 7.11 Å². The minimum Gasteiger partial charge on any atom is -0.497 e. The number of carbonyl (C=O) groups is 1. The summed E-state index contributed by atoms with van der Waals surface area (Å²) >= 11 is 0. The summed E-state index contributed by atoms with van der Waals surface area (Å²) in [6, 6.07) is 7.49. The minimum atomic E-state index is -0.185. The maximum atomic E-state index is 11.9. The van der Waals surface area contributed by atoms with Crippen molar-refractivity contribution in [2.24, 2.45) is 4.99 Å². The number of hydrogen-bond acceptors (Lipinski definition) is 3. The molecular formula is C17H22N2O2. The Kier molecular flexibility index (Phi) is 6.95. The van der Waals surface area contributed by atoms with Gasteiger partial charge in [0.1, 0.15) is 11.6 Å². The Morgan fingerprint density at radius 2 is 2.00 bits per heavy atom. The molecule has 1 amide bonds. The lowest BCUT2D eigenvalue weighted by Gasteiger charge is -2.04. The van der Waals surface area contributed by atoms with Crippen LogP contribution in [0.4, 0.5) is 0 Å². The van der Waals surface area contributed by atoms with Crippen LogP contribution in [0.1, 0.15) is 32.8 Å². The van der Waals surface area contributed by atoms with Gasteiger partial charge in [-0.15, -0.1) is 0 Å². The first kappa shape index (κ1) is 16.7. The summed E-state index contributed by atoms with van der Waals surface area (Å²) in [5.41, 5.74) is 1.82. The SMILES string of the molecule is C/C=C(/C)N=C(CC)NC(=O)/C=C/c1ccc(OC)cc1. The maximum absolute atomic E-state index is 11.9. The molecule has 4 heteroatoms. The first-order valence-corrected chi connectivity index (χ1v) is 6.92. The van der Waals surface area contributed by atoms with Crippen LogP contribution in [0.25, 0.3) is 6.08 Å². The van der Waals surface area contributed by atoms with E-state index < -0.39 is 0 Å². The monoisotopic (exact) mass is 286 g/mol. The molecule has 0 heterocycles. The second kappa shape index (κ2) is 8.74. The summed E-state index contributed by atoms with van der Waals surface area (Å²) in [5.74, 6) is 1.27. The molecule has 0 aliphatic rings. The van der Waals surface area contributed by atoms with Gasteiger partial charge < -0.3 is 10.1 Å². The third kappa shape index (κ3) is 6.08. The number of aliphatic imine (C=N–C) groups is 1. The first-order valence-electron chi connectivity index (χ1n) is 6.92. The molecule has 0 unspecified atom stereocenters. The van der Waals surface area contributed by atoms with Crippen molar-refractivity contribution < 1.29 is 9.53 Å². The van der Waals surface area contributed by atoms with Crippen molar-refractivity contribution in [3.05, 3.63) is 47.7 Å². The number of allylic oxidation sites excluding steroid dienone is 2. The standard InChI is InChI=1S/C17H22N2O2/c1-5-13(3)18-16(6-2)19-17(20)12-9-14-7-10-15(21-4)11-8-14/h5,7-12H,6H2,1-4H3,(H,18,19,20)/b12-9+,13-5-. The molecule has 0 atom stereocenters. The van der Waals surface area contributed by atoms with Gasteiger partial charge in [0.15, 0.2) is 0 Å². The van der Waals surface area contributed by atoms with Crippen molar-refractivity contribution in [3.63, 3.8) is 0 Å². The molecule has 0 aliphatic carbocycles. The van der Waals surface area contributed by atoms with Crippen LogP contribution in [0, 0.1) is 0 Å². The van der Waals surface area contributed by atoms with E-state index in [4.69, 9.17) is 4.74 Å². The number of amidine groups is 1. The molecule has 0 radical (unpaired) electrons. The summed E-state index contributed by atoms with van der Waals surface area (Å²) < 4.78 is 5.09. The van der Waals surface area contributed by atoms with Gasteiger partial charge in [-0.05, 0) is 37.6 Å². The number of nitrogens with one attached hydrogen (secondary N) is 1. The van der Waals surface area contributed by atoms with E-state index in [-0.39, 0.29) is 5.91 Å². The van der Waals surface area contributed by atoms with E-state index in [1.165, 1.54) is 6.08 Å². The highest BCUT2D eigenvalue weighted by atomic mass is 16.5. The van der Waals surface area contributed by atoms with E-state index in [0.717, 1.165) is 17.0 Å². The fourth-order valence-corrected chi connectivity index (χ4v) is 1.54.